The van der Waals surface area contributed by atoms with Crippen LogP contribution in [-0.4, -0.2) is 35.4 Å². The first-order valence-corrected chi connectivity index (χ1v) is 10.8. The number of nitro groups is 1. The molecule has 1 saturated heterocycles. The average molecular weight is 474 g/mol. The minimum absolute atomic E-state index is 0.171. The number of carbonyl (C=O) groups is 2. The summed E-state index contributed by atoms with van der Waals surface area (Å²) in [6.07, 6.45) is 0. The number of aliphatic hydroxyl groups is 1. The molecule has 0 unspecified atom stereocenters. The Labute approximate surface area is 201 Å². The number of Topliss-reactive ketones (excluding diaryl/α,β-unsaturated/α-hetero) is 1. The summed E-state index contributed by atoms with van der Waals surface area (Å²) in [4.78, 5) is 38.5. The van der Waals surface area contributed by atoms with E-state index in [4.69, 9.17) is 9.47 Å². The van der Waals surface area contributed by atoms with Gasteiger partial charge in [-0.1, -0.05) is 12.1 Å². The second kappa shape index (κ2) is 9.68. The van der Waals surface area contributed by atoms with Gasteiger partial charge in [-0.25, -0.2) is 0 Å². The second-order valence-electron chi connectivity index (χ2n) is 7.68. The van der Waals surface area contributed by atoms with Crippen LogP contribution in [-0.2, 0) is 9.59 Å². The third-order valence-electron chi connectivity index (χ3n) is 5.63. The molecule has 1 N–H and O–H groups in total. The molecule has 9 nitrogen and oxygen atoms in total. The van der Waals surface area contributed by atoms with Crippen molar-refractivity contribution in [2.45, 2.75) is 13.0 Å². The summed E-state index contributed by atoms with van der Waals surface area (Å²) in [6.45, 7) is 2.30. The normalized spacial score (nSPS) is 16.9. The molecule has 0 bridgehead atoms. The first kappa shape index (κ1) is 23.5. The van der Waals surface area contributed by atoms with Crippen LogP contribution < -0.4 is 14.4 Å². The predicted octanol–water partition coefficient (Wildman–Crippen LogP) is 4.63. The minimum atomic E-state index is -1.09. The lowest BCUT2D eigenvalue weighted by atomic mass is 9.94. The van der Waals surface area contributed by atoms with Gasteiger partial charge in [0.1, 0.15) is 17.3 Å². The quantitative estimate of drug-likeness (QED) is 0.174. The number of benzene rings is 3. The van der Waals surface area contributed by atoms with Crippen LogP contribution in [0.2, 0.25) is 0 Å². The SMILES string of the molecule is CCOc1ccc(C(O)=C2C(=O)C(=O)N(c3ccc(OC)cc3)[C@H]2c2cccc([N+](=O)[O-])c2)cc1. The molecule has 3 aromatic carbocycles. The Morgan fingerprint density at radius 3 is 2.29 bits per heavy atom. The van der Waals surface area contributed by atoms with Crippen molar-refractivity contribution in [2.75, 3.05) is 18.6 Å². The zero-order valence-electron chi connectivity index (χ0n) is 19.0. The van der Waals surface area contributed by atoms with Crippen LogP contribution in [0.1, 0.15) is 24.1 Å². The van der Waals surface area contributed by atoms with Gasteiger partial charge >= 0.3 is 0 Å². The van der Waals surface area contributed by atoms with Crippen LogP contribution in [0.3, 0.4) is 0 Å². The maximum atomic E-state index is 13.2. The van der Waals surface area contributed by atoms with Gasteiger partial charge in [0, 0.05) is 23.4 Å². The number of aliphatic hydroxyl groups excluding tert-OH is 1. The Morgan fingerprint density at radius 1 is 1.03 bits per heavy atom. The molecule has 1 atom stereocenters. The lowest BCUT2D eigenvalue weighted by molar-refractivity contribution is -0.384. The molecular weight excluding hydrogens is 452 g/mol. The first-order valence-electron chi connectivity index (χ1n) is 10.8. The summed E-state index contributed by atoms with van der Waals surface area (Å²) in [5.41, 5.74) is 0.604. The monoisotopic (exact) mass is 474 g/mol. The van der Waals surface area contributed by atoms with Gasteiger partial charge in [-0.15, -0.1) is 0 Å². The van der Waals surface area contributed by atoms with E-state index in [1.54, 1.807) is 54.6 Å². The van der Waals surface area contributed by atoms with Crippen LogP contribution in [0.5, 0.6) is 11.5 Å². The number of nitrogens with zero attached hydrogens (tertiary/aromatic N) is 2. The van der Waals surface area contributed by atoms with E-state index in [-0.39, 0.29) is 17.0 Å². The van der Waals surface area contributed by atoms with Crippen molar-refractivity contribution < 1.29 is 29.1 Å². The molecule has 0 radical (unpaired) electrons. The van der Waals surface area contributed by atoms with E-state index in [2.05, 4.69) is 0 Å². The third kappa shape index (κ3) is 4.43. The van der Waals surface area contributed by atoms with Crippen molar-refractivity contribution in [1.82, 2.24) is 0 Å². The third-order valence-corrected chi connectivity index (χ3v) is 5.63. The van der Waals surface area contributed by atoms with Crippen molar-refractivity contribution in [3.63, 3.8) is 0 Å². The smallest absolute Gasteiger partial charge is 0.300 e. The van der Waals surface area contributed by atoms with Crippen molar-refractivity contribution in [2.24, 2.45) is 0 Å². The van der Waals surface area contributed by atoms with E-state index in [1.165, 1.54) is 30.2 Å². The Morgan fingerprint density at radius 2 is 1.69 bits per heavy atom. The van der Waals surface area contributed by atoms with Gasteiger partial charge < -0.3 is 14.6 Å². The Bertz CT molecular complexity index is 1310. The summed E-state index contributed by atoms with van der Waals surface area (Å²) >= 11 is 0. The van der Waals surface area contributed by atoms with Gasteiger partial charge in [-0.3, -0.25) is 24.6 Å². The molecule has 1 heterocycles. The second-order valence-corrected chi connectivity index (χ2v) is 7.68. The lowest BCUT2D eigenvalue weighted by Gasteiger charge is -2.25. The Balaban J connectivity index is 1.90. The van der Waals surface area contributed by atoms with Gasteiger partial charge in [0.15, 0.2) is 0 Å². The Hall–Kier alpha value is -4.66. The molecule has 0 aliphatic carbocycles. The molecular formula is C26H22N2O7. The van der Waals surface area contributed by atoms with E-state index < -0.39 is 22.7 Å². The van der Waals surface area contributed by atoms with Crippen LogP contribution >= 0.6 is 0 Å². The molecule has 1 aliphatic heterocycles. The maximum absolute atomic E-state index is 13.2. The fourth-order valence-electron chi connectivity index (χ4n) is 4.00. The molecule has 0 spiro atoms. The molecule has 1 fully saturated rings. The number of nitro benzene ring substituents is 1. The predicted molar refractivity (Wildman–Crippen MR) is 128 cm³/mol. The van der Waals surface area contributed by atoms with Gasteiger partial charge in [-0.05, 0) is 61.0 Å². The number of anilines is 1. The van der Waals surface area contributed by atoms with Crippen molar-refractivity contribution in [3.05, 3.63) is 99.6 Å². The molecule has 1 aliphatic rings. The summed E-state index contributed by atoms with van der Waals surface area (Å²) in [5.74, 6) is -1.02. The van der Waals surface area contributed by atoms with Crippen molar-refractivity contribution >= 4 is 28.8 Å². The highest BCUT2D eigenvalue weighted by Crippen LogP contribution is 2.43. The standard InChI is InChI=1S/C26H22N2O7/c1-3-35-21-11-7-16(8-12-21)24(29)22-23(17-5-4-6-19(15-17)28(32)33)27(26(31)25(22)30)18-9-13-20(34-2)14-10-18/h4-15,23,29H,3H2,1-2H3/t23-/m0/s1. The van der Waals surface area contributed by atoms with Crippen LogP contribution in [0.15, 0.2) is 78.4 Å². The minimum Gasteiger partial charge on any atom is -0.507 e. The lowest BCUT2D eigenvalue weighted by Crippen LogP contribution is -2.29. The summed E-state index contributed by atoms with van der Waals surface area (Å²) in [5, 5.41) is 22.6. The number of non-ortho nitro benzene ring substituents is 1. The van der Waals surface area contributed by atoms with Gasteiger partial charge in [0.05, 0.1) is 30.3 Å². The number of methoxy groups -OCH3 is 1. The zero-order valence-corrected chi connectivity index (χ0v) is 19.0. The van der Waals surface area contributed by atoms with E-state index in [9.17, 15) is 24.8 Å². The highest BCUT2D eigenvalue weighted by atomic mass is 16.6. The average Bonchev–Trinajstić information content (AvgIpc) is 3.14. The molecule has 0 saturated carbocycles. The summed E-state index contributed by atoms with van der Waals surface area (Å²) < 4.78 is 10.6. The number of hydrogen-bond acceptors (Lipinski definition) is 7. The molecule has 0 aromatic heterocycles. The summed E-state index contributed by atoms with van der Waals surface area (Å²) in [6, 6.07) is 17.5. The molecule has 9 heteroatoms. The number of hydrogen-bond donors (Lipinski definition) is 1. The topological polar surface area (TPSA) is 119 Å². The number of amides is 1. The highest BCUT2D eigenvalue weighted by molar-refractivity contribution is 6.51. The molecule has 35 heavy (non-hydrogen) atoms. The van der Waals surface area contributed by atoms with Crippen molar-refractivity contribution in [3.8, 4) is 11.5 Å². The van der Waals surface area contributed by atoms with Crippen LogP contribution in [0, 0.1) is 10.1 Å². The molecule has 3 aromatic rings. The number of ketones is 1. The van der Waals surface area contributed by atoms with Gasteiger partial charge in [0.25, 0.3) is 17.4 Å². The largest absolute Gasteiger partial charge is 0.507 e. The first-order chi connectivity index (χ1) is 16.8. The van der Waals surface area contributed by atoms with Gasteiger partial charge in [-0.2, -0.15) is 0 Å². The number of carbonyl (C=O) groups excluding carboxylic acids is 2. The van der Waals surface area contributed by atoms with E-state index in [0.29, 0.717) is 34.9 Å². The summed E-state index contributed by atoms with van der Waals surface area (Å²) in [7, 11) is 1.50. The van der Waals surface area contributed by atoms with Gasteiger partial charge in [0.2, 0.25) is 0 Å². The fourth-order valence-corrected chi connectivity index (χ4v) is 4.00. The van der Waals surface area contributed by atoms with Crippen molar-refractivity contribution in [1.29, 1.82) is 0 Å². The zero-order chi connectivity index (χ0) is 25.1. The van der Waals surface area contributed by atoms with E-state index in [1.807, 2.05) is 6.92 Å². The molecule has 4 rings (SSSR count). The van der Waals surface area contributed by atoms with E-state index >= 15 is 0 Å². The molecule has 1 amide bonds. The number of rotatable bonds is 7. The maximum Gasteiger partial charge on any atom is 0.300 e. The molecule has 178 valence electrons. The van der Waals surface area contributed by atoms with E-state index in [0.717, 1.165) is 0 Å². The highest BCUT2D eigenvalue weighted by Gasteiger charge is 2.47. The number of ether oxygens (including phenoxy) is 2. The van der Waals surface area contributed by atoms with Crippen LogP contribution in [0.25, 0.3) is 5.76 Å². The Kier molecular flexibility index (Phi) is 6.50. The van der Waals surface area contributed by atoms with Crippen LogP contribution in [0.4, 0.5) is 11.4 Å². The fraction of sp³-hybridized carbons (Fsp3) is 0.154.